The van der Waals surface area contributed by atoms with E-state index in [2.05, 4.69) is 10.6 Å². The molecule has 1 fully saturated rings. The molecule has 0 spiro atoms. The molecule has 4 rings (SSSR count). The van der Waals surface area contributed by atoms with Gasteiger partial charge in [0, 0.05) is 34.4 Å². The molecule has 35 heavy (non-hydrogen) atoms. The van der Waals surface area contributed by atoms with Crippen LogP contribution in [0.3, 0.4) is 0 Å². The highest BCUT2D eigenvalue weighted by atomic mass is 35.5. The molecule has 0 aliphatic carbocycles. The van der Waals surface area contributed by atoms with Gasteiger partial charge in [0.05, 0.1) is 16.8 Å². The number of carbonyl (C=O) groups excluding carboxylic acids is 2. The van der Waals surface area contributed by atoms with Crippen LogP contribution in [0.4, 0.5) is 15.8 Å². The number of likely N-dealkylation sites (tertiary alicyclic amines) is 1. The van der Waals surface area contributed by atoms with Gasteiger partial charge in [0.2, 0.25) is 0 Å². The minimum atomic E-state index is -0.747. The lowest BCUT2D eigenvalue weighted by atomic mass is 10.1. The number of halogens is 3. The number of anilines is 2. The summed E-state index contributed by atoms with van der Waals surface area (Å²) in [6.45, 7) is 1.53. The third kappa shape index (κ3) is 5.99. The molecule has 1 heterocycles. The zero-order valence-electron chi connectivity index (χ0n) is 18.7. The maximum atomic E-state index is 14.9. The van der Waals surface area contributed by atoms with E-state index in [1.807, 2.05) is 4.90 Å². The first-order valence-corrected chi connectivity index (χ1v) is 11.9. The second-order valence-electron chi connectivity index (χ2n) is 8.20. The van der Waals surface area contributed by atoms with Crippen molar-refractivity contribution in [2.75, 3.05) is 23.7 Å². The van der Waals surface area contributed by atoms with Gasteiger partial charge < -0.3 is 15.5 Å². The van der Waals surface area contributed by atoms with Crippen LogP contribution in [0, 0.1) is 11.2 Å². The van der Waals surface area contributed by atoms with Crippen LogP contribution in [0.2, 0.25) is 10.0 Å². The Bertz CT molecular complexity index is 1270. The fourth-order valence-corrected chi connectivity index (χ4v) is 4.18. The summed E-state index contributed by atoms with van der Waals surface area (Å²) in [6.07, 6.45) is 3.13. The molecule has 3 N–H and O–H groups in total. The zero-order valence-corrected chi connectivity index (χ0v) is 20.2. The molecule has 0 atom stereocenters. The van der Waals surface area contributed by atoms with Crippen LogP contribution in [0.1, 0.15) is 45.5 Å². The maximum absolute atomic E-state index is 14.9. The Morgan fingerprint density at radius 2 is 1.46 bits per heavy atom. The van der Waals surface area contributed by atoms with Crippen LogP contribution in [-0.4, -0.2) is 35.6 Å². The Morgan fingerprint density at radius 1 is 0.800 bits per heavy atom. The molecule has 6 nitrogen and oxygen atoms in total. The molecular weight excluding hydrogens is 490 g/mol. The predicted octanol–water partition coefficient (Wildman–Crippen LogP) is 6.45. The number of nitrogens with one attached hydrogen (secondary N) is 3. The Balaban J connectivity index is 1.52. The minimum Gasteiger partial charge on any atom is -0.357 e. The van der Waals surface area contributed by atoms with Gasteiger partial charge in [0.1, 0.15) is 11.7 Å². The SMILES string of the molecule is N=C(c1ccc(C(=O)Nc2ccc(Cl)cc2C(=O)Nc2ccc(Cl)cc2)c(F)c1)N1CCCCC1. The van der Waals surface area contributed by atoms with E-state index in [1.165, 1.54) is 30.3 Å². The van der Waals surface area contributed by atoms with E-state index in [1.54, 1.807) is 30.3 Å². The monoisotopic (exact) mass is 512 g/mol. The second-order valence-corrected chi connectivity index (χ2v) is 9.07. The van der Waals surface area contributed by atoms with E-state index in [0.717, 1.165) is 32.4 Å². The van der Waals surface area contributed by atoms with E-state index < -0.39 is 17.6 Å². The largest absolute Gasteiger partial charge is 0.357 e. The zero-order chi connectivity index (χ0) is 24.9. The quantitative estimate of drug-likeness (QED) is 0.271. The van der Waals surface area contributed by atoms with Gasteiger partial charge in [-0.25, -0.2) is 4.39 Å². The molecule has 0 radical (unpaired) electrons. The van der Waals surface area contributed by atoms with Gasteiger partial charge >= 0.3 is 0 Å². The molecule has 3 aromatic carbocycles. The standard InChI is InChI=1S/C26H23Cl2FN4O2/c27-17-5-8-19(9-6-17)31-26(35)21-15-18(28)7-11-23(21)32-25(34)20-10-4-16(14-22(20)29)24(30)33-12-2-1-3-13-33/h4-11,14-15,30H,1-3,12-13H2,(H,31,35)(H,32,34). The predicted molar refractivity (Wildman–Crippen MR) is 137 cm³/mol. The number of piperidine rings is 1. The van der Waals surface area contributed by atoms with Gasteiger partial charge in [-0.3, -0.25) is 15.0 Å². The van der Waals surface area contributed by atoms with Gasteiger partial charge in [0.15, 0.2) is 0 Å². The summed E-state index contributed by atoms with van der Waals surface area (Å²) in [4.78, 5) is 27.7. The Hall–Kier alpha value is -3.42. The average Bonchev–Trinajstić information content (AvgIpc) is 2.86. The van der Waals surface area contributed by atoms with E-state index >= 15 is 0 Å². The maximum Gasteiger partial charge on any atom is 0.258 e. The van der Waals surface area contributed by atoms with Crippen molar-refractivity contribution < 1.29 is 14.0 Å². The molecule has 1 aliphatic rings. The number of hydrogen-bond acceptors (Lipinski definition) is 3. The fourth-order valence-electron chi connectivity index (χ4n) is 3.88. The number of amidine groups is 1. The third-order valence-corrected chi connectivity index (χ3v) is 6.22. The first-order chi connectivity index (χ1) is 16.8. The lowest BCUT2D eigenvalue weighted by Crippen LogP contribution is -2.35. The molecule has 0 saturated carbocycles. The summed E-state index contributed by atoms with van der Waals surface area (Å²) in [5, 5.41) is 14.5. The van der Waals surface area contributed by atoms with Crippen molar-refractivity contribution in [2.45, 2.75) is 19.3 Å². The third-order valence-electron chi connectivity index (χ3n) is 5.74. The van der Waals surface area contributed by atoms with Gasteiger partial charge in [-0.2, -0.15) is 0 Å². The highest BCUT2D eigenvalue weighted by Crippen LogP contribution is 2.24. The Labute approximate surface area is 212 Å². The number of benzene rings is 3. The minimum absolute atomic E-state index is 0.115. The normalized spacial score (nSPS) is 13.3. The first kappa shape index (κ1) is 24.7. The lowest BCUT2D eigenvalue weighted by molar-refractivity contribution is 0.102. The molecule has 0 bridgehead atoms. The Kier molecular flexibility index (Phi) is 7.68. The number of amides is 2. The molecule has 2 amide bonds. The van der Waals surface area contributed by atoms with E-state index in [9.17, 15) is 14.0 Å². The highest BCUT2D eigenvalue weighted by molar-refractivity contribution is 6.31. The summed E-state index contributed by atoms with van der Waals surface area (Å²) >= 11 is 12.0. The van der Waals surface area contributed by atoms with Crippen molar-refractivity contribution in [1.29, 1.82) is 5.41 Å². The number of nitrogens with zero attached hydrogens (tertiary/aromatic N) is 1. The topological polar surface area (TPSA) is 85.3 Å². The van der Waals surface area contributed by atoms with Crippen LogP contribution in [0.15, 0.2) is 60.7 Å². The first-order valence-electron chi connectivity index (χ1n) is 11.1. The second kappa shape index (κ2) is 10.9. The molecule has 1 saturated heterocycles. The molecule has 3 aromatic rings. The molecule has 9 heteroatoms. The van der Waals surface area contributed by atoms with E-state index in [-0.39, 0.29) is 22.6 Å². The number of rotatable bonds is 5. The van der Waals surface area contributed by atoms with Crippen LogP contribution < -0.4 is 10.6 Å². The smallest absolute Gasteiger partial charge is 0.258 e. The van der Waals surface area contributed by atoms with Gasteiger partial charge in [0.25, 0.3) is 11.8 Å². The molecule has 180 valence electrons. The van der Waals surface area contributed by atoms with Crippen molar-refractivity contribution in [1.82, 2.24) is 4.90 Å². The van der Waals surface area contributed by atoms with Crippen molar-refractivity contribution in [3.63, 3.8) is 0 Å². The lowest BCUT2D eigenvalue weighted by Gasteiger charge is -2.29. The van der Waals surface area contributed by atoms with Crippen LogP contribution in [0.5, 0.6) is 0 Å². The van der Waals surface area contributed by atoms with E-state index in [0.29, 0.717) is 21.3 Å². The van der Waals surface area contributed by atoms with Crippen LogP contribution in [-0.2, 0) is 0 Å². The molecular formula is C26H23Cl2FN4O2. The molecule has 0 aromatic heterocycles. The van der Waals surface area contributed by atoms with Crippen molar-refractivity contribution >= 4 is 52.2 Å². The van der Waals surface area contributed by atoms with Crippen molar-refractivity contribution in [3.05, 3.63) is 93.2 Å². The van der Waals surface area contributed by atoms with Gasteiger partial charge in [-0.05, 0) is 73.9 Å². The summed E-state index contributed by atoms with van der Waals surface area (Å²) in [6, 6.07) is 15.1. The van der Waals surface area contributed by atoms with Crippen LogP contribution in [0.25, 0.3) is 0 Å². The Morgan fingerprint density at radius 3 is 2.14 bits per heavy atom. The number of carbonyl (C=O) groups is 2. The highest BCUT2D eigenvalue weighted by Gasteiger charge is 2.20. The van der Waals surface area contributed by atoms with Crippen LogP contribution >= 0.6 is 23.2 Å². The number of hydrogen-bond donors (Lipinski definition) is 3. The van der Waals surface area contributed by atoms with Gasteiger partial charge in [-0.15, -0.1) is 0 Å². The van der Waals surface area contributed by atoms with Gasteiger partial charge in [-0.1, -0.05) is 29.3 Å². The summed E-state index contributed by atoms with van der Waals surface area (Å²) in [5.41, 5.74) is 1.02. The molecule has 1 aliphatic heterocycles. The summed E-state index contributed by atoms with van der Waals surface area (Å²) < 4.78 is 14.9. The fraction of sp³-hybridized carbons (Fsp3) is 0.192. The molecule has 0 unspecified atom stereocenters. The summed E-state index contributed by atoms with van der Waals surface area (Å²) in [7, 11) is 0. The van der Waals surface area contributed by atoms with Crippen molar-refractivity contribution in [3.8, 4) is 0 Å². The van der Waals surface area contributed by atoms with E-state index in [4.69, 9.17) is 28.6 Å². The average molecular weight is 513 g/mol. The summed E-state index contributed by atoms with van der Waals surface area (Å²) in [5.74, 6) is -1.73. The van der Waals surface area contributed by atoms with Crippen molar-refractivity contribution in [2.24, 2.45) is 0 Å².